The van der Waals surface area contributed by atoms with E-state index < -0.39 is 0 Å². The van der Waals surface area contributed by atoms with Gasteiger partial charge in [-0.3, -0.25) is 4.68 Å². The van der Waals surface area contributed by atoms with Crippen LogP contribution in [-0.4, -0.2) is 38.2 Å². The molecule has 4 rings (SSSR count). The second kappa shape index (κ2) is 7.75. The van der Waals surface area contributed by atoms with Gasteiger partial charge in [-0.05, 0) is 56.5 Å². The van der Waals surface area contributed by atoms with Crippen LogP contribution >= 0.6 is 0 Å². The lowest BCUT2D eigenvalue weighted by atomic mass is 9.95. The van der Waals surface area contributed by atoms with Gasteiger partial charge in [0.1, 0.15) is 5.75 Å². The molecule has 7 nitrogen and oxygen atoms in total. The standard InChI is InChI=1S/C20H24N6O/c21-20-17(11-18(24-25-20)16-3-1-2-4-19(16)27)15-12-23-26(13-15)10-7-14-5-8-22-9-6-14/h1-4,11-14,22,27H,5-10H2,(H2,21,25). The second-order valence-corrected chi connectivity index (χ2v) is 7.02. The first-order valence-corrected chi connectivity index (χ1v) is 9.36. The van der Waals surface area contributed by atoms with Gasteiger partial charge in [-0.1, -0.05) is 12.1 Å². The van der Waals surface area contributed by atoms with Crippen LogP contribution in [0.3, 0.4) is 0 Å². The number of hydrogen-bond acceptors (Lipinski definition) is 6. The van der Waals surface area contributed by atoms with Crippen LogP contribution in [0, 0.1) is 5.92 Å². The first kappa shape index (κ1) is 17.5. The van der Waals surface area contributed by atoms with Crippen LogP contribution in [0.5, 0.6) is 5.75 Å². The monoisotopic (exact) mass is 364 g/mol. The van der Waals surface area contributed by atoms with Gasteiger partial charge in [0.25, 0.3) is 0 Å². The first-order valence-electron chi connectivity index (χ1n) is 9.36. The molecule has 0 spiro atoms. The Morgan fingerprint density at radius 2 is 1.96 bits per heavy atom. The van der Waals surface area contributed by atoms with Crippen molar-refractivity contribution < 1.29 is 5.11 Å². The maximum atomic E-state index is 10.1. The highest BCUT2D eigenvalue weighted by atomic mass is 16.3. The zero-order chi connectivity index (χ0) is 18.6. The third kappa shape index (κ3) is 3.93. The molecule has 4 N–H and O–H groups in total. The lowest BCUT2D eigenvalue weighted by molar-refractivity contribution is 0.332. The molecule has 3 heterocycles. The molecule has 2 aromatic heterocycles. The summed E-state index contributed by atoms with van der Waals surface area (Å²) in [5.74, 6) is 1.28. The summed E-state index contributed by atoms with van der Waals surface area (Å²) in [7, 11) is 0. The average Bonchev–Trinajstić information content (AvgIpc) is 3.17. The minimum Gasteiger partial charge on any atom is -0.507 e. The number of aromatic nitrogens is 4. The molecule has 1 saturated heterocycles. The Labute approximate surface area is 158 Å². The number of phenols is 1. The molecule has 27 heavy (non-hydrogen) atoms. The lowest BCUT2D eigenvalue weighted by Crippen LogP contribution is -2.28. The van der Waals surface area contributed by atoms with Crippen molar-refractivity contribution in [2.24, 2.45) is 5.92 Å². The summed E-state index contributed by atoms with van der Waals surface area (Å²) in [5.41, 5.74) is 8.95. The summed E-state index contributed by atoms with van der Waals surface area (Å²) in [6, 6.07) is 8.92. The van der Waals surface area contributed by atoms with E-state index in [0.717, 1.165) is 43.1 Å². The van der Waals surface area contributed by atoms with E-state index in [9.17, 15) is 5.11 Å². The summed E-state index contributed by atoms with van der Waals surface area (Å²) in [4.78, 5) is 0. The molecule has 1 aliphatic heterocycles. The van der Waals surface area contributed by atoms with Gasteiger partial charge in [-0.25, -0.2) is 0 Å². The van der Waals surface area contributed by atoms with Crippen LogP contribution in [-0.2, 0) is 6.54 Å². The van der Waals surface area contributed by atoms with Crippen LogP contribution in [0.1, 0.15) is 19.3 Å². The molecule has 0 radical (unpaired) electrons. The molecule has 0 saturated carbocycles. The summed E-state index contributed by atoms with van der Waals surface area (Å²) in [6.07, 6.45) is 7.42. The number of hydrogen-bond donors (Lipinski definition) is 3. The predicted octanol–water partition coefficient (Wildman–Crippen LogP) is 2.68. The summed E-state index contributed by atoms with van der Waals surface area (Å²) >= 11 is 0. The van der Waals surface area contributed by atoms with E-state index >= 15 is 0 Å². The van der Waals surface area contributed by atoms with E-state index in [-0.39, 0.29) is 5.75 Å². The van der Waals surface area contributed by atoms with Crippen molar-refractivity contribution in [3.8, 4) is 28.1 Å². The lowest BCUT2D eigenvalue weighted by Gasteiger charge is -2.22. The number of para-hydroxylation sites is 1. The number of benzene rings is 1. The molecular formula is C20H24N6O. The highest BCUT2D eigenvalue weighted by Crippen LogP contribution is 2.31. The Bertz CT molecular complexity index is 916. The molecular weight excluding hydrogens is 340 g/mol. The van der Waals surface area contributed by atoms with Crippen molar-refractivity contribution in [2.75, 3.05) is 18.8 Å². The number of nitrogens with two attached hydrogens (primary N) is 1. The van der Waals surface area contributed by atoms with Gasteiger partial charge in [0.15, 0.2) is 5.82 Å². The fourth-order valence-electron chi connectivity index (χ4n) is 3.56. The smallest absolute Gasteiger partial charge is 0.154 e. The van der Waals surface area contributed by atoms with E-state index in [4.69, 9.17) is 5.73 Å². The van der Waals surface area contributed by atoms with Crippen molar-refractivity contribution in [1.82, 2.24) is 25.3 Å². The molecule has 1 aromatic carbocycles. The highest BCUT2D eigenvalue weighted by molar-refractivity contribution is 5.78. The zero-order valence-electron chi connectivity index (χ0n) is 15.2. The number of nitrogens with one attached hydrogen (secondary N) is 1. The van der Waals surface area contributed by atoms with Gasteiger partial charge in [0.2, 0.25) is 0 Å². The van der Waals surface area contributed by atoms with Gasteiger partial charge < -0.3 is 16.2 Å². The molecule has 1 aliphatic rings. The number of nitrogen functional groups attached to an aromatic ring is 1. The van der Waals surface area contributed by atoms with Crippen LogP contribution in [0.2, 0.25) is 0 Å². The van der Waals surface area contributed by atoms with E-state index in [0.29, 0.717) is 17.1 Å². The number of nitrogens with zero attached hydrogens (tertiary/aromatic N) is 4. The maximum Gasteiger partial charge on any atom is 0.154 e. The Balaban J connectivity index is 1.54. The summed E-state index contributed by atoms with van der Waals surface area (Å²) in [5, 5.41) is 26.2. The Morgan fingerprint density at radius 3 is 2.78 bits per heavy atom. The second-order valence-electron chi connectivity index (χ2n) is 7.02. The number of aryl methyl sites for hydroxylation is 1. The molecule has 1 fully saturated rings. The third-order valence-corrected chi connectivity index (χ3v) is 5.17. The number of anilines is 1. The van der Waals surface area contributed by atoms with Crippen LogP contribution in [0.4, 0.5) is 5.82 Å². The molecule has 0 amide bonds. The number of piperidine rings is 1. The average molecular weight is 364 g/mol. The van der Waals surface area contributed by atoms with Gasteiger partial charge in [0, 0.05) is 29.4 Å². The number of aromatic hydroxyl groups is 1. The van der Waals surface area contributed by atoms with Gasteiger partial charge in [0.05, 0.1) is 11.9 Å². The van der Waals surface area contributed by atoms with Gasteiger partial charge >= 0.3 is 0 Å². The molecule has 0 unspecified atom stereocenters. The normalized spacial score (nSPS) is 15.1. The fraction of sp³-hybridized carbons (Fsp3) is 0.350. The molecule has 140 valence electrons. The Hall–Kier alpha value is -2.93. The quantitative estimate of drug-likeness (QED) is 0.643. The SMILES string of the molecule is Nc1nnc(-c2ccccc2O)cc1-c1cnn(CCC2CCNCC2)c1. The van der Waals surface area contributed by atoms with Crippen molar-refractivity contribution in [3.63, 3.8) is 0 Å². The van der Waals surface area contributed by atoms with Gasteiger partial charge in [-0.15, -0.1) is 10.2 Å². The molecule has 0 aliphatic carbocycles. The summed E-state index contributed by atoms with van der Waals surface area (Å²) < 4.78 is 1.97. The van der Waals surface area contributed by atoms with Crippen molar-refractivity contribution in [1.29, 1.82) is 0 Å². The van der Waals surface area contributed by atoms with Crippen LogP contribution in [0.15, 0.2) is 42.7 Å². The minimum absolute atomic E-state index is 0.167. The topological polar surface area (TPSA) is 102 Å². The Kier molecular flexibility index (Phi) is 5.02. The van der Waals surface area contributed by atoms with E-state index in [1.54, 1.807) is 12.1 Å². The predicted molar refractivity (Wildman–Crippen MR) is 105 cm³/mol. The molecule has 7 heteroatoms. The van der Waals surface area contributed by atoms with Crippen LogP contribution in [0.25, 0.3) is 22.4 Å². The first-order chi connectivity index (χ1) is 13.2. The molecule has 0 atom stereocenters. The number of rotatable bonds is 5. The zero-order valence-corrected chi connectivity index (χ0v) is 15.2. The Morgan fingerprint density at radius 1 is 1.15 bits per heavy atom. The van der Waals surface area contributed by atoms with Crippen molar-refractivity contribution in [3.05, 3.63) is 42.7 Å². The third-order valence-electron chi connectivity index (χ3n) is 5.17. The largest absolute Gasteiger partial charge is 0.507 e. The molecule has 3 aromatic rings. The van der Waals surface area contributed by atoms with Gasteiger partial charge in [-0.2, -0.15) is 5.10 Å². The van der Waals surface area contributed by atoms with E-state index in [2.05, 4.69) is 20.6 Å². The fourth-order valence-corrected chi connectivity index (χ4v) is 3.56. The highest BCUT2D eigenvalue weighted by Gasteiger charge is 2.15. The minimum atomic E-state index is 0.167. The van der Waals surface area contributed by atoms with Crippen molar-refractivity contribution >= 4 is 5.82 Å². The summed E-state index contributed by atoms with van der Waals surface area (Å²) in [6.45, 7) is 3.13. The maximum absolute atomic E-state index is 10.1. The van der Waals surface area contributed by atoms with Crippen LogP contribution < -0.4 is 11.1 Å². The van der Waals surface area contributed by atoms with E-state index in [1.165, 1.54) is 12.8 Å². The van der Waals surface area contributed by atoms with Crippen molar-refractivity contribution in [2.45, 2.75) is 25.8 Å². The number of phenolic OH excluding ortho intramolecular Hbond substituents is 1. The molecule has 0 bridgehead atoms. The van der Waals surface area contributed by atoms with E-state index in [1.807, 2.05) is 35.3 Å².